The van der Waals surface area contributed by atoms with Crippen molar-refractivity contribution in [2.75, 3.05) is 5.73 Å². The number of ketones is 2. The van der Waals surface area contributed by atoms with E-state index in [2.05, 4.69) is 4.98 Å². The molecule has 21 heavy (non-hydrogen) atoms. The number of nitrogen functional groups attached to an aromatic ring is 1. The lowest BCUT2D eigenvalue weighted by atomic mass is 9.92. The highest BCUT2D eigenvalue weighted by atomic mass is 16.2. The van der Waals surface area contributed by atoms with Gasteiger partial charge in [0.25, 0.3) is 5.56 Å². The SMILES string of the molecule is [2H]c1cc(N)c2c(=O)n(C3C(=O)CC(=O)CC3([2H])[2H])c(C([2H])([2H])[2H])nc2c1. The monoisotopic (exact) mass is 291 g/mol. The van der Waals surface area contributed by atoms with Crippen LogP contribution < -0.4 is 11.3 Å². The third-order valence-corrected chi connectivity index (χ3v) is 3.32. The molecule has 0 aliphatic heterocycles. The fourth-order valence-electron chi connectivity index (χ4n) is 2.36. The summed E-state index contributed by atoms with van der Waals surface area (Å²) in [5.41, 5.74) is 4.52. The third-order valence-electron chi connectivity index (χ3n) is 3.32. The molecule has 1 aromatic heterocycles. The van der Waals surface area contributed by atoms with E-state index in [-0.39, 0.29) is 22.6 Å². The van der Waals surface area contributed by atoms with Crippen LogP contribution in [0.15, 0.2) is 23.0 Å². The number of aromatic nitrogens is 2. The van der Waals surface area contributed by atoms with E-state index >= 15 is 0 Å². The predicted octanol–water partition coefficient (Wildman–Crippen LogP) is 1.15. The highest BCUT2D eigenvalue weighted by molar-refractivity contribution is 6.03. The summed E-state index contributed by atoms with van der Waals surface area (Å²) in [5.74, 6) is -2.32. The van der Waals surface area contributed by atoms with Crippen molar-refractivity contribution in [3.8, 4) is 0 Å². The Labute approximate surface area is 129 Å². The van der Waals surface area contributed by atoms with Crippen molar-refractivity contribution in [1.29, 1.82) is 0 Å². The second-order valence-corrected chi connectivity index (χ2v) is 4.75. The summed E-state index contributed by atoms with van der Waals surface area (Å²) in [5, 5.41) is -0.209. The minimum atomic E-state index is -2.95. The summed E-state index contributed by atoms with van der Waals surface area (Å²) in [4.78, 5) is 41.0. The number of hydrogen-bond acceptors (Lipinski definition) is 5. The first-order chi connectivity index (χ1) is 12.3. The molecule has 0 bridgehead atoms. The number of aryl methyl sites for hydroxylation is 1. The van der Waals surface area contributed by atoms with Crippen molar-refractivity contribution >= 4 is 28.2 Å². The van der Waals surface area contributed by atoms with Crippen molar-refractivity contribution in [3.05, 3.63) is 34.4 Å². The van der Waals surface area contributed by atoms with Gasteiger partial charge < -0.3 is 5.73 Å². The van der Waals surface area contributed by atoms with Crippen LogP contribution in [0.4, 0.5) is 5.69 Å². The highest BCUT2D eigenvalue weighted by Gasteiger charge is 2.30. The second kappa shape index (κ2) is 4.80. The van der Waals surface area contributed by atoms with Crippen LogP contribution in [0.5, 0.6) is 0 Å². The summed E-state index contributed by atoms with van der Waals surface area (Å²) in [6, 6.07) is 0.431. The first kappa shape index (κ1) is 8.07. The average Bonchev–Trinajstić information content (AvgIpc) is 2.45. The van der Waals surface area contributed by atoms with Gasteiger partial charge in [0.1, 0.15) is 11.6 Å². The van der Waals surface area contributed by atoms with Crippen LogP contribution in [0.3, 0.4) is 0 Å². The van der Waals surface area contributed by atoms with Crippen LogP contribution >= 0.6 is 0 Å². The first-order valence-electron chi connectivity index (χ1n) is 9.20. The van der Waals surface area contributed by atoms with Crippen molar-refractivity contribution in [2.24, 2.45) is 0 Å². The van der Waals surface area contributed by atoms with E-state index in [1.54, 1.807) is 0 Å². The molecule has 2 aromatic rings. The smallest absolute Gasteiger partial charge is 0.264 e. The van der Waals surface area contributed by atoms with Crippen LogP contribution in [0.2, 0.25) is 0 Å². The minimum Gasteiger partial charge on any atom is -0.398 e. The molecule has 0 amide bonds. The molecule has 1 aliphatic carbocycles. The summed E-state index contributed by atoms with van der Waals surface area (Å²) in [7, 11) is 0. The Hall–Kier alpha value is -2.50. The largest absolute Gasteiger partial charge is 0.398 e. The van der Waals surface area contributed by atoms with Crippen molar-refractivity contribution in [2.45, 2.75) is 32.1 Å². The van der Waals surface area contributed by atoms with Gasteiger partial charge >= 0.3 is 0 Å². The van der Waals surface area contributed by atoms with Gasteiger partial charge in [-0.3, -0.25) is 19.0 Å². The van der Waals surface area contributed by atoms with E-state index in [9.17, 15) is 14.4 Å². The van der Waals surface area contributed by atoms with Crippen molar-refractivity contribution in [3.63, 3.8) is 0 Å². The number of carbonyl (C=O) groups excluding carboxylic acids is 2. The number of fused-ring (bicyclic) bond motifs is 1. The van der Waals surface area contributed by atoms with Crippen LogP contribution in [0, 0.1) is 6.85 Å². The fraction of sp³-hybridized carbons (Fsp3) is 0.333. The van der Waals surface area contributed by atoms with E-state index in [0.29, 0.717) is 4.57 Å². The highest BCUT2D eigenvalue weighted by Crippen LogP contribution is 2.24. The van der Waals surface area contributed by atoms with Gasteiger partial charge in [-0.1, -0.05) is 6.04 Å². The summed E-state index contributed by atoms with van der Waals surface area (Å²) >= 11 is 0. The molecule has 3 rings (SSSR count). The normalized spacial score (nSPS) is 26.4. The molecule has 1 fully saturated rings. The third kappa shape index (κ3) is 2.12. The Bertz CT molecular complexity index is 1040. The summed E-state index contributed by atoms with van der Waals surface area (Å²) in [6.45, 7) is -2.95. The molecule has 0 radical (unpaired) electrons. The number of anilines is 1. The van der Waals surface area contributed by atoms with Gasteiger partial charge in [-0.05, 0) is 25.4 Å². The van der Waals surface area contributed by atoms with Gasteiger partial charge in [0.2, 0.25) is 0 Å². The number of nitrogens with two attached hydrogens (primary N) is 1. The molecule has 1 heterocycles. The van der Waals surface area contributed by atoms with Crippen LogP contribution in [-0.2, 0) is 9.59 Å². The molecule has 0 spiro atoms. The number of carbonyl (C=O) groups is 2. The van der Waals surface area contributed by atoms with Crippen molar-refractivity contribution < 1.29 is 17.8 Å². The molecular weight excluding hydrogens is 270 g/mol. The topological polar surface area (TPSA) is 95.0 Å². The van der Waals surface area contributed by atoms with Crippen LogP contribution in [0.25, 0.3) is 10.9 Å². The fourth-order valence-corrected chi connectivity index (χ4v) is 2.36. The molecule has 6 nitrogen and oxygen atoms in total. The van der Waals surface area contributed by atoms with E-state index in [4.69, 9.17) is 14.0 Å². The minimum absolute atomic E-state index is 0.0872. The number of rotatable bonds is 1. The Morgan fingerprint density at radius 3 is 3.00 bits per heavy atom. The van der Waals surface area contributed by atoms with E-state index in [1.165, 1.54) is 6.07 Å². The van der Waals surface area contributed by atoms with Gasteiger partial charge in [-0.15, -0.1) is 0 Å². The van der Waals surface area contributed by atoms with E-state index in [0.717, 1.165) is 6.07 Å². The maximum atomic E-state index is 13.1. The maximum Gasteiger partial charge on any atom is 0.264 e. The summed E-state index contributed by atoms with van der Waals surface area (Å²) < 4.78 is 47.3. The molecule has 1 atom stereocenters. The zero-order valence-electron chi connectivity index (χ0n) is 16.8. The molecule has 1 unspecified atom stereocenters. The van der Waals surface area contributed by atoms with E-state index < -0.39 is 55.1 Å². The lowest BCUT2D eigenvalue weighted by molar-refractivity contribution is -0.132. The molecule has 0 saturated heterocycles. The van der Waals surface area contributed by atoms with Gasteiger partial charge in [-0.25, -0.2) is 4.98 Å². The lowest BCUT2D eigenvalue weighted by Gasteiger charge is -2.24. The zero-order valence-corrected chi connectivity index (χ0v) is 10.8. The first-order valence-corrected chi connectivity index (χ1v) is 6.20. The number of nitrogens with zero attached hydrogens (tertiary/aromatic N) is 2. The Balaban J connectivity index is 2.44. The molecule has 108 valence electrons. The molecule has 6 heteroatoms. The van der Waals surface area contributed by atoms with Gasteiger partial charge in [-0.2, -0.15) is 0 Å². The quantitative estimate of drug-likeness (QED) is 0.628. The molecule has 1 aliphatic rings. The molecule has 2 N–H and O–H groups in total. The lowest BCUT2D eigenvalue weighted by Crippen LogP contribution is -2.36. The van der Waals surface area contributed by atoms with Crippen molar-refractivity contribution in [1.82, 2.24) is 9.55 Å². The standard InChI is InChI=1S/C15H15N3O3/c1-8-17-11-4-2-3-10(16)14(11)15(21)18(8)12-6-5-9(19)7-13(12)20/h2-4,12H,5-7,16H2,1H3/i1D3,2D,6D2. The van der Waals surface area contributed by atoms with Gasteiger partial charge in [0.15, 0.2) is 5.78 Å². The van der Waals surface area contributed by atoms with Crippen LogP contribution in [0.1, 0.15) is 39.3 Å². The zero-order chi connectivity index (χ0) is 20.3. The molecule has 1 saturated carbocycles. The van der Waals surface area contributed by atoms with E-state index in [1.807, 2.05) is 0 Å². The Morgan fingerprint density at radius 1 is 1.48 bits per heavy atom. The van der Waals surface area contributed by atoms with Crippen LogP contribution in [-0.4, -0.2) is 21.1 Å². The molecular formula is C15H15N3O3. The Morgan fingerprint density at radius 2 is 2.29 bits per heavy atom. The number of Topliss-reactive ketones (excluding diaryl/α,β-unsaturated/α-hetero) is 2. The average molecular weight is 291 g/mol. The van der Waals surface area contributed by atoms with Gasteiger partial charge in [0, 0.05) is 19.0 Å². The predicted molar refractivity (Wildman–Crippen MR) is 78.1 cm³/mol. The summed E-state index contributed by atoms with van der Waals surface area (Å²) in [6.07, 6.45) is -3.69. The van der Waals surface area contributed by atoms with Gasteiger partial charge in [0.05, 0.1) is 24.7 Å². The Kier molecular flexibility index (Phi) is 1.84. The number of benzene rings is 1. The molecule has 1 aromatic carbocycles. The maximum absolute atomic E-state index is 13.1. The number of hydrogen-bond donors (Lipinski definition) is 1. The second-order valence-electron chi connectivity index (χ2n) is 4.75.